The molecule has 0 amide bonds. The third kappa shape index (κ3) is 6.81. The van der Waals surface area contributed by atoms with Gasteiger partial charge in [0, 0.05) is 36.7 Å². The largest absolute Gasteiger partial charge is 0.461 e. The zero-order valence-electron chi connectivity index (χ0n) is 34.7. The van der Waals surface area contributed by atoms with Crippen LogP contribution in [0, 0.1) is 74.9 Å². The van der Waals surface area contributed by atoms with Gasteiger partial charge >= 0.3 is 11.9 Å². The Balaban J connectivity index is 1.32. The summed E-state index contributed by atoms with van der Waals surface area (Å²) >= 11 is 0. The van der Waals surface area contributed by atoms with Gasteiger partial charge < -0.3 is 24.8 Å². The topological polar surface area (TPSA) is 113 Å². The van der Waals surface area contributed by atoms with Crippen LogP contribution in [0.4, 0.5) is 0 Å². The molecule has 12 atom stereocenters. The molecule has 7 heteroatoms. The third-order valence-corrected chi connectivity index (χ3v) is 16.9. The Kier molecular flexibility index (Phi) is 11.3. The van der Waals surface area contributed by atoms with Crippen LogP contribution in [0.1, 0.15) is 142 Å². The van der Waals surface area contributed by atoms with Crippen molar-refractivity contribution < 1.29 is 34.4 Å². The van der Waals surface area contributed by atoms with Crippen LogP contribution in [0.25, 0.3) is 0 Å². The number of hydrogen-bond acceptors (Lipinski definition) is 7. The molecule has 0 radical (unpaired) electrons. The SMILES string of the molecule is C[C@H](CCCc1ccccc1)C[C@H]1C#C[C@H]2CCCC[C@]23CC#C[C@@]2(C)C[C@@H](OC3=O)[C@@H]3[C@@]([C@H](O)CC[C@@]3(C)C3CCCCC3)([C@H]1O)[C@@]2(O)CCC1=CC(=O)OC1. The van der Waals surface area contributed by atoms with E-state index in [2.05, 4.69) is 61.8 Å². The number of rotatable bonds is 10. The fraction of sp³-hybridized carbons (Fsp3) is 0.720. The van der Waals surface area contributed by atoms with Gasteiger partial charge in [-0.05, 0) is 106 Å². The molecule has 3 N–H and O–H groups in total. The van der Waals surface area contributed by atoms with E-state index < -0.39 is 57.4 Å². The molecule has 3 heterocycles. The first-order valence-electron chi connectivity index (χ1n) is 22.6. The number of hydrogen-bond donors (Lipinski definition) is 3. The van der Waals surface area contributed by atoms with Crippen molar-refractivity contribution in [2.45, 2.75) is 167 Å². The van der Waals surface area contributed by atoms with Crippen molar-refractivity contribution in [2.75, 3.05) is 6.61 Å². The Labute approximate surface area is 341 Å². The van der Waals surface area contributed by atoms with Crippen molar-refractivity contribution in [2.24, 2.45) is 51.2 Å². The lowest BCUT2D eigenvalue weighted by molar-refractivity contribution is -0.342. The minimum Gasteiger partial charge on any atom is -0.461 e. The van der Waals surface area contributed by atoms with Crippen LogP contribution in [-0.2, 0) is 25.5 Å². The maximum atomic E-state index is 15.1. The average Bonchev–Trinajstić information content (AvgIpc) is 3.64. The molecule has 8 rings (SSSR count). The first-order valence-corrected chi connectivity index (χ1v) is 22.6. The summed E-state index contributed by atoms with van der Waals surface area (Å²) in [6.07, 6.45) is 13.1. The molecule has 4 saturated carbocycles. The van der Waals surface area contributed by atoms with Crippen LogP contribution in [0.15, 0.2) is 42.0 Å². The van der Waals surface area contributed by atoms with Crippen LogP contribution in [0.2, 0.25) is 0 Å². The molecule has 4 aliphatic carbocycles. The van der Waals surface area contributed by atoms with Gasteiger partial charge in [-0.2, -0.15) is 0 Å². The van der Waals surface area contributed by atoms with Crippen molar-refractivity contribution in [1.29, 1.82) is 0 Å². The van der Waals surface area contributed by atoms with E-state index >= 15 is 4.79 Å². The molecule has 3 aliphatic heterocycles. The first-order chi connectivity index (χ1) is 27.4. The Morgan fingerprint density at radius 2 is 1.70 bits per heavy atom. The van der Waals surface area contributed by atoms with Gasteiger partial charge in [0.15, 0.2) is 0 Å². The number of cyclic esters (lactones) is 1. The number of fused-ring (bicyclic) bond motifs is 2. The summed E-state index contributed by atoms with van der Waals surface area (Å²) in [5.41, 5.74) is -3.67. The number of benzene rings is 1. The molecule has 4 fully saturated rings. The van der Waals surface area contributed by atoms with Gasteiger partial charge in [0.25, 0.3) is 0 Å². The van der Waals surface area contributed by atoms with E-state index in [1.165, 1.54) is 18.1 Å². The highest BCUT2D eigenvalue weighted by Crippen LogP contribution is 2.72. The number of esters is 2. The van der Waals surface area contributed by atoms with Crippen molar-refractivity contribution in [3.8, 4) is 23.7 Å². The van der Waals surface area contributed by atoms with Gasteiger partial charge in [-0.15, -0.1) is 5.92 Å². The number of carbonyl (C=O) groups is 2. The minimum atomic E-state index is -1.73. The molecule has 4 bridgehead atoms. The number of aliphatic hydroxyl groups excluding tert-OH is 2. The maximum absolute atomic E-state index is 15.1. The quantitative estimate of drug-likeness (QED) is 0.162. The lowest BCUT2D eigenvalue weighted by Crippen LogP contribution is -2.80. The van der Waals surface area contributed by atoms with E-state index in [4.69, 9.17) is 9.47 Å². The van der Waals surface area contributed by atoms with Crippen molar-refractivity contribution in [1.82, 2.24) is 0 Å². The number of ether oxygens (including phenoxy) is 2. The van der Waals surface area contributed by atoms with Gasteiger partial charge in [-0.1, -0.05) is 100 Å². The monoisotopic (exact) mass is 778 g/mol. The summed E-state index contributed by atoms with van der Waals surface area (Å²) in [5.74, 6) is 13.0. The molecule has 0 aromatic heterocycles. The normalized spacial score (nSPS) is 42.0. The molecule has 7 nitrogen and oxygen atoms in total. The summed E-state index contributed by atoms with van der Waals surface area (Å²) in [5, 5.41) is 41.1. The Morgan fingerprint density at radius 1 is 0.930 bits per heavy atom. The molecule has 1 aromatic rings. The summed E-state index contributed by atoms with van der Waals surface area (Å²) in [6, 6.07) is 10.6. The van der Waals surface area contributed by atoms with Crippen LogP contribution in [-0.4, -0.2) is 57.8 Å². The third-order valence-electron chi connectivity index (χ3n) is 16.9. The fourth-order valence-corrected chi connectivity index (χ4v) is 13.8. The number of carbonyl (C=O) groups excluding carboxylic acids is 2. The van der Waals surface area contributed by atoms with Crippen molar-refractivity contribution >= 4 is 11.9 Å². The number of aryl methyl sites for hydroxylation is 1. The van der Waals surface area contributed by atoms with Gasteiger partial charge in [0.1, 0.15) is 12.7 Å². The highest BCUT2D eigenvalue weighted by molar-refractivity contribution is 5.85. The fourth-order valence-electron chi connectivity index (χ4n) is 13.8. The molecule has 308 valence electrons. The second kappa shape index (κ2) is 15.8. The molecule has 1 aromatic carbocycles. The molecular formula is C50H66O7. The second-order valence-electron chi connectivity index (χ2n) is 20.0. The van der Waals surface area contributed by atoms with Crippen LogP contribution >= 0.6 is 0 Å². The molecule has 7 aliphatic rings. The lowest BCUT2D eigenvalue weighted by Gasteiger charge is -2.72. The standard InChI is InChI=1S/C50H66O7/c1-34(14-12-17-35-15-6-4-7-16-35)30-37-21-22-39-20-10-11-26-48(39)27-13-25-46(2)32-40(57-45(48)54)43-47(3,38-18-8-5-9-19-38)28-24-41(51)50(43,44(37)53)49(46,55)29-23-36-31-42(52)56-33-36/h4,6-7,15-16,31,34,37-41,43-44,51,53,55H,5,8-12,14,17-20,23-24,26-30,32-33H2,1-3H3/t34-,37-,39-,40-,41-,43+,44+,46+,47+,48+,49-,50+/m1/s1. The van der Waals surface area contributed by atoms with Crippen molar-refractivity contribution in [3.63, 3.8) is 0 Å². The first kappa shape index (κ1) is 40.7. The Morgan fingerprint density at radius 3 is 2.46 bits per heavy atom. The predicted octanol–water partition coefficient (Wildman–Crippen LogP) is 8.27. The minimum absolute atomic E-state index is 0.164. The Hall–Kier alpha value is -3.10. The van der Waals surface area contributed by atoms with Gasteiger partial charge in [-0.3, -0.25) is 4.79 Å². The molecule has 0 unspecified atom stereocenters. The van der Waals surface area contributed by atoms with E-state index in [0.29, 0.717) is 38.5 Å². The predicted molar refractivity (Wildman–Crippen MR) is 219 cm³/mol. The molecule has 1 spiro atoms. The number of aliphatic hydroxyl groups is 3. The van der Waals surface area contributed by atoms with Gasteiger partial charge in [0.05, 0.1) is 34.1 Å². The van der Waals surface area contributed by atoms with Crippen molar-refractivity contribution in [3.05, 3.63) is 47.5 Å². The molecule has 0 saturated heterocycles. The van der Waals surface area contributed by atoms with Gasteiger partial charge in [0.2, 0.25) is 0 Å². The summed E-state index contributed by atoms with van der Waals surface area (Å²) in [4.78, 5) is 27.4. The summed E-state index contributed by atoms with van der Waals surface area (Å²) < 4.78 is 12.4. The zero-order chi connectivity index (χ0) is 40.1. The van der Waals surface area contributed by atoms with E-state index in [1.54, 1.807) is 0 Å². The second-order valence-corrected chi connectivity index (χ2v) is 20.0. The van der Waals surface area contributed by atoms with Crippen LogP contribution in [0.3, 0.4) is 0 Å². The van der Waals surface area contributed by atoms with E-state index in [9.17, 15) is 20.1 Å². The Bertz CT molecular complexity index is 1830. The van der Waals surface area contributed by atoms with E-state index in [-0.39, 0.29) is 42.7 Å². The highest BCUT2D eigenvalue weighted by atomic mass is 16.5. The lowest BCUT2D eigenvalue weighted by atomic mass is 9.34. The molecule has 57 heavy (non-hydrogen) atoms. The molecular weight excluding hydrogens is 713 g/mol. The smallest absolute Gasteiger partial charge is 0.331 e. The highest BCUT2D eigenvalue weighted by Gasteiger charge is 2.78. The van der Waals surface area contributed by atoms with E-state index in [0.717, 1.165) is 76.2 Å². The van der Waals surface area contributed by atoms with Crippen LogP contribution in [0.5, 0.6) is 0 Å². The summed E-state index contributed by atoms with van der Waals surface area (Å²) in [6.45, 7) is 6.73. The van der Waals surface area contributed by atoms with Crippen LogP contribution < -0.4 is 0 Å². The zero-order valence-corrected chi connectivity index (χ0v) is 34.7. The van der Waals surface area contributed by atoms with E-state index in [1.807, 2.05) is 13.0 Å². The maximum Gasteiger partial charge on any atom is 0.331 e. The average molecular weight is 779 g/mol. The van der Waals surface area contributed by atoms with Gasteiger partial charge in [-0.25, -0.2) is 4.79 Å². The summed E-state index contributed by atoms with van der Waals surface area (Å²) in [7, 11) is 0.